The van der Waals surface area contributed by atoms with Crippen LogP contribution in [-0.4, -0.2) is 37.4 Å². The van der Waals surface area contributed by atoms with Gasteiger partial charge < -0.3 is 10.1 Å². The molecule has 0 unspecified atom stereocenters. The second kappa shape index (κ2) is 5.66. The second-order valence-electron chi connectivity index (χ2n) is 5.81. The number of hydrogen-bond donors (Lipinski definition) is 1. The third-order valence-corrected chi connectivity index (χ3v) is 4.62. The van der Waals surface area contributed by atoms with E-state index in [9.17, 15) is 4.79 Å². The van der Waals surface area contributed by atoms with Crippen LogP contribution in [-0.2, 0) is 11.3 Å². The maximum Gasteiger partial charge on any atom is 0.325 e. The van der Waals surface area contributed by atoms with Gasteiger partial charge in [-0.2, -0.15) is 0 Å². The molecule has 0 fully saturated rings. The quantitative estimate of drug-likeness (QED) is 0.660. The molecule has 2 heterocycles. The first-order valence-electron chi connectivity index (χ1n) is 6.39. The van der Waals surface area contributed by atoms with Crippen LogP contribution >= 0.6 is 0 Å². The minimum Gasteiger partial charge on any atom is -0.361 e. The zero-order valence-electron chi connectivity index (χ0n) is 11.6. The summed E-state index contributed by atoms with van der Waals surface area (Å²) in [5, 5.41) is 2.78. The molecule has 1 aliphatic heterocycles. The van der Waals surface area contributed by atoms with Gasteiger partial charge in [0, 0.05) is 33.0 Å². The summed E-state index contributed by atoms with van der Waals surface area (Å²) in [6.45, 7) is 8.28. The topological polar surface area (TPSA) is 67.3 Å². The molecule has 0 aromatic carbocycles. The van der Waals surface area contributed by atoms with Crippen molar-refractivity contribution >= 4 is 19.9 Å². The maximum absolute atomic E-state index is 11.8. The number of aromatic nitrogens is 2. The molecule has 104 valence electrons. The van der Waals surface area contributed by atoms with Crippen LogP contribution < -0.4 is 10.2 Å². The van der Waals surface area contributed by atoms with Crippen LogP contribution in [0.2, 0.25) is 25.7 Å². The predicted octanol–water partition coefficient (Wildman–Crippen LogP) is 1.82. The van der Waals surface area contributed by atoms with Gasteiger partial charge in [0.05, 0.1) is 0 Å². The lowest BCUT2D eigenvalue weighted by molar-refractivity contribution is 0.145. The fourth-order valence-electron chi connectivity index (χ4n) is 1.74. The van der Waals surface area contributed by atoms with Crippen LogP contribution in [0.1, 0.15) is 5.56 Å². The van der Waals surface area contributed by atoms with Crippen molar-refractivity contribution in [3.05, 3.63) is 18.1 Å². The first kappa shape index (κ1) is 13.9. The Bertz CT molecular complexity index is 461. The zero-order valence-corrected chi connectivity index (χ0v) is 12.6. The molecule has 6 nitrogen and oxygen atoms in total. The summed E-state index contributed by atoms with van der Waals surface area (Å²) in [6.07, 6.45) is 3.17. The summed E-state index contributed by atoms with van der Waals surface area (Å²) in [5.74, 6) is 0.645. The molecule has 0 bridgehead atoms. The van der Waals surface area contributed by atoms with E-state index < -0.39 is 8.07 Å². The SMILES string of the molecule is C[Si](C)(C)CCOCN1C(=O)NCc2cncnc21. The van der Waals surface area contributed by atoms with E-state index in [0.29, 0.717) is 19.0 Å². The summed E-state index contributed by atoms with van der Waals surface area (Å²) < 4.78 is 5.62. The van der Waals surface area contributed by atoms with Gasteiger partial charge in [-0.1, -0.05) is 19.6 Å². The molecule has 0 atom stereocenters. The van der Waals surface area contributed by atoms with Crippen molar-refractivity contribution in [3.63, 3.8) is 0 Å². The number of anilines is 1. The minimum absolute atomic E-state index is 0.167. The highest BCUT2D eigenvalue weighted by atomic mass is 28.3. The fraction of sp³-hybridized carbons (Fsp3) is 0.583. The number of nitrogens with one attached hydrogen (secondary N) is 1. The molecule has 0 saturated heterocycles. The van der Waals surface area contributed by atoms with Gasteiger partial charge in [0.2, 0.25) is 0 Å². The Balaban J connectivity index is 1.94. The summed E-state index contributed by atoms with van der Waals surface area (Å²) in [7, 11) is -1.10. The smallest absolute Gasteiger partial charge is 0.325 e. The lowest BCUT2D eigenvalue weighted by Crippen LogP contribution is -2.46. The maximum atomic E-state index is 11.8. The van der Waals surface area contributed by atoms with E-state index in [0.717, 1.165) is 11.6 Å². The number of fused-ring (bicyclic) bond motifs is 1. The normalized spacial score (nSPS) is 15.1. The number of urea groups is 1. The monoisotopic (exact) mass is 280 g/mol. The summed E-state index contributed by atoms with van der Waals surface area (Å²) in [5.41, 5.74) is 0.913. The van der Waals surface area contributed by atoms with Crippen molar-refractivity contribution in [3.8, 4) is 0 Å². The van der Waals surface area contributed by atoms with Crippen LogP contribution in [0, 0.1) is 0 Å². The van der Waals surface area contributed by atoms with Crippen LogP contribution in [0.15, 0.2) is 12.5 Å². The van der Waals surface area contributed by atoms with Gasteiger partial charge in [-0.05, 0) is 6.04 Å². The Morgan fingerprint density at radius 1 is 1.47 bits per heavy atom. The van der Waals surface area contributed by atoms with Crippen molar-refractivity contribution in [2.45, 2.75) is 32.2 Å². The first-order valence-corrected chi connectivity index (χ1v) is 10.1. The van der Waals surface area contributed by atoms with E-state index >= 15 is 0 Å². The van der Waals surface area contributed by atoms with Crippen molar-refractivity contribution in [1.82, 2.24) is 15.3 Å². The van der Waals surface area contributed by atoms with Crippen LogP contribution in [0.25, 0.3) is 0 Å². The minimum atomic E-state index is -1.10. The lowest BCUT2D eigenvalue weighted by Gasteiger charge is -2.28. The van der Waals surface area contributed by atoms with E-state index in [1.165, 1.54) is 11.2 Å². The Labute approximate surface area is 114 Å². The van der Waals surface area contributed by atoms with Gasteiger partial charge >= 0.3 is 6.03 Å². The van der Waals surface area contributed by atoms with Crippen LogP contribution in [0.3, 0.4) is 0 Å². The van der Waals surface area contributed by atoms with E-state index in [2.05, 4.69) is 34.9 Å². The fourth-order valence-corrected chi connectivity index (χ4v) is 2.49. The molecule has 0 spiro atoms. The van der Waals surface area contributed by atoms with Gasteiger partial charge in [0.1, 0.15) is 18.9 Å². The van der Waals surface area contributed by atoms with E-state index in [-0.39, 0.29) is 12.8 Å². The highest BCUT2D eigenvalue weighted by Gasteiger charge is 2.25. The van der Waals surface area contributed by atoms with Gasteiger partial charge in [0.25, 0.3) is 0 Å². The number of rotatable bonds is 5. The Morgan fingerprint density at radius 2 is 2.26 bits per heavy atom. The van der Waals surface area contributed by atoms with Gasteiger partial charge in [-0.3, -0.25) is 4.90 Å². The molecule has 2 amide bonds. The predicted molar refractivity (Wildman–Crippen MR) is 75.7 cm³/mol. The molecule has 2 rings (SSSR count). The number of carbonyl (C=O) groups excluding carboxylic acids is 1. The standard InChI is InChI=1S/C12H20N4O2Si/c1-19(2,3)5-4-18-9-16-11-10(6-13-8-15-11)7-14-12(16)17/h6,8H,4-5,7,9H2,1-3H3,(H,14,17). The molecule has 1 aromatic heterocycles. The first-order chi connectivity index (χ1) is 8.97. The van der Waals surface area contributed by atoms with Crippen LogP contribution in [0.4, 0.5) is 10.6 Å². The van der Waals surface area contributed by atoms with E-state index in [4.69, 9.17) is 4.74 Å². The summed E-state index contributed by atoms with van der Waals surface area (Å²) >= 11 is 0. The summed E-state index contributed by atoms with van der Waals surface area (Å²) in [4.78, 5) is 21.5. The molecular formula is C12H20N4O2Si. The number of carbonyl (C=O) groups is 1. The van der Waals surface area contributed by atoms with E-state index in [1.54, 1.807) is 6.20 Å². The molecule has 1 N–H and O–H groups in total. The molecule has 1 aliphatic rings. The van der Waals surface area contributed by atoms with Gasteiger partial charge in [-0.15, -0.1) is 0 Å². The third-order valence-electron chi connectivity index (χ3n) is 2.91. The molecule has 1 aromatic rings. The lowest BCUT2D eigenvalue weighted by atomic mass is 10.2. The van der Waals surface area contributed by atoms with Gasteiger partial charge in [-0.25, -0.2) is 14.8 Å². The Kier molecular flexibility index (Phi) is 4.16. The third kappa shape index (κ3) is 3.74. The number of amides is 2. The molecular weight excluding hydrogens is 260 g/mol. The zero-order chi connectivity index (χ0) is 13.9. The average molecular weight is 280 g/mol. The Morgan fingerprint density at radius 3 is 3.00 bits per heavy atom. The highest BCUT2D eigenvalue weighted by molar-refractivity contribution is 6.76. The van der Waals surface area contributed by atoms with Crippen molar-refractivity contribution < 1.29 is 9.53 Å². The van der Waals surface area contributed by atoms with Crippen LogP contribution in [0.5, 0.6) is 0 Å². The van der Waals surface area contributed by atoms with Crippen molar-refractivity contribution in [2.24, 2.45) is 0 Å². The van der Waals surface area contributed by atoms with Gasteiger partial charge in [0.15, 0.2) is 0 Å². The number of nitrogens with zero attached hydrogens (tertiary/aromatic N) is 3. The largest absolute Gasteiger partial charge is 0.361 e. The van der Waals surface area contributed by atoms with E-state index in [1.807, 2.05) is 0 Å². The highest BCUT2D eigenvalue weighted by Crippen LogP contribution is 2.20. The molecule has 0 saturated carbocycles. The molecule has 7 heteroatoms. The average Bonchev–Trinajstić information content (AvgIpc) is 2.35. The second-order valence-corrected chi connectivity index (χ2v) is 11.4. The number of hydrogen-bond acceptors (Lipinski definition) is 4. The molecule has 0 aliphatic carbocycles. The number of ether oxygens (including phenoxy) is 1. The molecule has 0 radical (unpaired) electrons. The summed E-state index contributed by atoms with van der Waals surface area (Å²) in [6, 6.07) is 0.915. The Hall–Kier alpha value is -1.47. The molecule has 19 heavy (non-hydrogen) atoms. The van der Waals surface area contributed by atoms with Crippen molar-refractivity contribution in [1.29, 1.82) is 0 Å². The van der Waals surface area contributed by atoms with Crippen molar-refractivity contribution in [2.75, 3.05) is 18.2 Å².